The Hall–Kier alpha value is -2.48. The quantitative estimate of drug-likeness (QED) is 0.291. The fraction of sp³-hybridized carbons (Fsp3) is 0.136. The molecule has 5 nitrogen and oxygen atoms in total. The molecule has 0 bridgehead atoms. The summed E-state index contributed by atoms with van der Waals surface area (Å²) in [5.41, 5.74) is 3.56. The number of esters is 1. The number of hydrogen-bond acceptors (Lipinski definition) is 6. The van der Waals surface area contributed by atoms with Crippen LogP contribution >= 0.6 is 39.7 Å². The van der Waals surface area contributed by atoms with E-state index in [1.54, 1.807) is 29.8 Å². The summed E-state index contributed by atoms with van der Waals surface area (Å²) >= 11 is 5.07. The van der Waals surface area contributed by atoms with E-state index >= 15 is 0 Å². The molecule has 4 aromatic rings. The highest BCUT2D eigenvalue weighted by Crippen LogP contribution is 2.37. The lowest BCUT2D eigenvalue weighted by molar-refractivity contribution is 0.0505. The third-order valence-corrected chi connectivity index (χ3v) is 5.76. The number of ether oxygens (including phenoxy) is 1. The predicted octanol–water partition coefficient (Wildman–Crippen LogP) is 6.85. The number of thiophene rings is 1. The number of hydrogen-bond donors (Lipinski definition) is 1. The maximum atomic E-state index is 12.0. The maximum absolute atomic E-state index is 12.0. The van der Waals surface area contributed by atoms with E-state index < -0.39 is 0 Å². The monoisotopic (exact) mass is 503 g/mol. The van der Waals surface area contributed by atoms with Crippen LogP contribution in [0.4, 0.5) is 11.5 Å². The molecule has 154 valence electrons. The summed E-state index contributed by atoms with van der Waals surface area (Å²) in [4.78, 5) is 21.8. The van der Waals surface area contributed by atoms with Crippen molar-refractivity contribution in [3.63, 3.8) is 0 Å². The van der Waals surface area contributed by atoms with Crippen LogP contribution in [0.2, 0.25) is 0 Å². The molecule has 0 saturated carbocycles. The lowest BCUT2D eigenvalue weighted by atomic mass is 10.1. The molecular formula is C22H19BrClN3O2S. The van der Waals surface area contributed by atoms with Crippen LogP contribution in [0.5, 0.6) is 0 Å². The highest BCUT2D eigenvalue weighted by molar-refractivity contribution is 9.10. The van der Waals surface area contributed by atoms with Crippen LogP contribution in [0, 0.1) is 0 Å². The summed E-state index contributed by atoms with van der Waals surface area (Å²) in [6, 6.07) is 15.4. The van der Waals surface area contributed by atoms with Gasteiger partial charge in [-0.05, 0) is 48.4 Å². The third kappa shape index (κ3) is 4.80. The van der Waals surface area contributed by atoms with Crippen LogP contribution in [0.1, 0.15) is 23.7 Å². The van der Waals surface area contributed by atoms with E-state index in [9.17, 15) is 4.79 Å². The fourth-order valence-corrected chi connectivity index (χ4v) is 4.10. The van der Waals surface area contributed by atoms with Crippen LogP contribution < -0.4 is 5.32 Å². The summed E-state index contributed by atoms with van der Waals surface area (Å²) < 4.78 is 6.21. The zero-order valence-corrected chi connectivity index (χ0v) is 19.3. The number of nitrogens with zero attached hydrogens (tertiary/aromatic N) is 2. The van der Waals surface area contributed by atoms with Crippen molar-refractivity contribution in [2.45, 2.75) is 13.3 Å². The predicted molar refractivity (Wildman–Crippen MR) is 128 cm³/mol. The largest absolute Gasteiger partial charge is 0.462 e. The molecule has 0 amide bonds. The zero-order chi connectivity index (χ0) is 20.2. The van der Waals surface area contributed by atoms with Crippen LogP contribution in [0.15, 0.2) is 64.7 Å². The van der Waals surface area contributed by atoms with Crippen molar-refractivity contribution >= 4 is 67.4 Å². The SMILES string of the molecule is CCCOC(=O)c1ccc(Nc2ncnc3scc(-c4ccc(Br)cc4)c23)cc1.Cl. The van der Waals surface area contributed by atoms with Gasteiger partial charge >= 0.3 is 5.97 Å². The normalized spacial score (nSPS) is 10.5. The smallest absolute Gasteiger partial charge is 0.338 e. The summed E-state index contributed by atoms with van der Waals surface area (Å²) in [6.45, 7) is 2.39. The van der Waals surface area contributed by atoms with E-state index in [2.05, 4.69) is 48.7 Å². The fourth-order valence-electron chi connectivity index (χ4n) is 2.92. The Balaban J connectivity index is 0.00000256. The van der Waals surface area contributed by atoms with Gasteiger partial charge in [-0.3, -0.25) is 0 Å². The first-order valence-corrected chi connectivity index (χ1v) is 10.9. The van der Waals surface area contributed by atoms with Gasteiger partial charge in [0, 0.05) is 21.1 Å². The van der Waals surface area contributed by atoms with Crippen molar-refractivity contribution in [3.8, 4) is 11.1 Å². The standard InChI is InChI=1S/C22H18BrN3O2S.ClH/c1-2-11-28-22(27)15-5-9-17(10-6-15)26-20-19-18(12-29-21(19)25-13-24-20)14-3-7-16(23)8-4-14;/h3-10,12-13H,2,11H2,1H3,(H,24,25,26);1H. The first-order chi connectivity index (χ1) is 14.2. The molecule has 0 atom stereocenters. The van der Waals surface area contributed by atoms with Crippen molar-refractivity contribution in [1.82, 2.24) is 9.97 Å². The van der Waals surface area contributed by atoms with Gasteiger partial charge in [-0.1, -0.05) is 35.0 Å². The van der Waals surface area contributed by atoms with Gasteiger partial charge in [-0.2, -0.15) is 0 Å². The Kier molecular flexibility index (Phi) is 7.42. The number of carbonyl (C=O) groups excluding carboxylic acids is 1. The van der Waals surface area contributed by atoms with E-state index in [-0.39, 0.29) is 18.4 Å². The number of fused-ring (bicyclic) bond motifs is 1. The average molecular weight is 505 g/mol. The van der Waals surface area contributed by atoms with Gasteiger partial charge in [0.1, 0.15) is 17.0 Å². The molecule has 0 radical (unpaired) electrons. The van der Waals surface area contributed by atoms with Crippen LogP contribution in [-0.2, 0) is 4.74 Å². The van der Waals surface area contributed by atoms with Crippen LogP contribution in [0.3, 0.4) is 0 Å². The molecule has 2 heterocycles. The second-order valence-electron chi connectivity index (χ2n) is 6.40. The van der Waals surface area contributed by atoms with Gasteiger partial charge in [-0.15, -0.1) is 23.7 Å². The first-order valence-electron chi connectivity index (χ1n) is 9.18. The van der Waals surface area contributed by atoms with Crippen molar-refractivity contribution in [2.24, 2.45) is 0 Å². The molecule has 0 aliphatic rings. The molecule has 1 N–H and O–H groups in total. The number of halogens is 2. The minimum atomic E-state index is -0.307. The van der Waals surface area contributed by atoms with Crippen LogP contribution in [-0.4, -0.2) is 22.5 Å². The first kappa shape index (κ1) is 22.2. The van der Waals surface area contributed by atoms with Gasteiger partial charge in [0.15, 0.2) is 0 Å². The molecule has 8 heteroatoms. The number of rotatable bonds is 6. The lowest BCUT2D eigenvalue weighted by Gasteiger charge is -2.09. The highest BCUT2D eigenvalue weighted by atomic mass is 79.9. The number of carbonyl (C=O) groups is 1. The van der Waals surface area contributed by atoms with Crippen molar-refractivity contribution in [3.05, 3.63) is 70.3 Å². The minimum absolute atomic E-state index is 0. The summed E-state index contributed by atoms with van der Waals surface area (Å²) in [5.74, 6) is 0.425. The molecule has 2 aromatic heterocycles. The highest BCUT2D eigenvalue weighted by Gasteiger charge is 2.14. The molecule has 4 rings (SSSR count). The Morgan fingerprint density at radius 2 is 1.83 bits per heavy atom. The number of anilines is 2. The molecule has 0 aliphatic heterocycles. The minimum Gasteiger partial charge on any atom is -0.462 e. The Labute approximate surface area is 193 Å². The number of aromatic nitrogens is 2. The third-order valence-electron chi connectivity index (χ3n) is 4.35. The molecule has 0 saturated heterocycles. The molecule has 2 aromatic carbocycles. The molecule has 0 aliphatic carbocycles. The van der Waals surface area contributed by atoms with Crippen molar-refractivity contribution in [2.75, 3.05) is 11.9 Å². The van der Waals surface area contributed by atoms with Crippen molar-refractivity contribution in [1.29, 1.82) is 0 Å². The molecule has 0 spiro atoms. The van der Waals surface area contributed by atoms with Crippen LogP contribution in [0.25, 0.3) is 21.3 Å². The summed E-state index contributed by atoms with van der Waals surface area (Å²) in [7, 11) is 0. The Morgan fingerprint density at radius 1 is 1.10 bits per heavy atom. The van der Waals surface area contributed by atoms with E-state index in [0.29, 0.717) is 12.2 Å². The topological polar surface area (TPSA) is 64.1 Å². The molecule has 30 heavy (non-hydrogen) atoms. The Bertz CT molecular complexity index is 1150. The van der Waals surface area contributed by atoms with E-state index in [1.165, 1.54) is 0 Å². The average Bonchev–Trinajstić information content (AvgIpc) is 3.18. The zero-order valence-electron chi connectivity index (χ0n) is 16.1. The summed E-state index contributed by atoms with van der Waals surface area (Å²) in [5, 5.41) is 6.43. The second-order valence-corrected chi connectivity index (χ2v) is 8.17. The van der Waals surface area contributed by atoms with Gasteiger partial charge in [0.25, 0.3) is 0 Å². The lowest BCUT2D eigenvalue weighted by Crippen LogP contribution is -2.05. The van der Waals surface area contributed by atoms with Gasteiger partial charge in [0.05, 0.1) is 17.6 Å². The Morgan fingerprint density at radius 3 is 2.53 bits per heavy atom. The van der Waals surface area contributed by atoms with Gasteiger partial charge in [-0.25, -0.2) is 14.8 Å². The second kappa shape index (κ2) is 10.0. The van der Waals surface area contributed by atoms with Gasteiger partial charge < -0.3 is 10.1 Å². The maximum Gasteiger partial charge on any atom is 0.338 e. The molecule has 0 fully saturated rings. The number of nitrogens with one attached hydrogen (secondary N) is 1. The van der Waals surface area contributed by atoms with E-state index in [0.717, 1.165) is 43.7 Å². The summed E-state index contributed by atoms with van der Waals surface area (Å²) in [6.07, 6.45) is 2.36. The van der Waals surface area contributed by atoms with Crippen molar-refractivity contribution < 1.29 is 9.53 Å². The van der Waals surface area contributed by atoms with E-state index in [1.807, 2.05) is 31.2 Å². The molecular weight excluding hydrogens is 486 g/mol. The number of benzene rings is 2. The van der Waals surface area contributed by atoms with E-state index in [4.69, 9.17) is 4.74 Å². The molecule has 0 unspecified atom stereocenters. The van der Waals surface area contributed by atoms with Gasteiger partial charge in [0.2, 0.25) is 0 Å².